The first-order chi connectivity index (χ1) is 11.9. The lowest BCUT2D eigenvalue weighted by atomic mass is 9.96. The van der Waals surface area contributed by atoms with E-state index in [1.165, 1.54) is 31.0 Å². The van der Waals surface area contributed by atoms with Crippen molar-refractivity contribution in [3.05, 3.63) is 29.3 Å². The van der Waals surface area contributed by atoms with Gasteiger partial charge in [-0.3, -0.25) is 0 Å². The van der Waals surface area contributed by atoms with Crippen molar-refractivity contribution in [1.82, 2.24) is 4.98 Å². The predicted octanol–water partition coefficient (Wildman–Crippen LogP) is 2.26. The number of thioether (sulfide) groups is 1. The van der Waals surface area contributed by atoms with Crippen LogP contribution in [0.1, 0.15) is 18.1 Å². The number of anilines is 1. The molecule has 0 bridgehead atoms. The molecule has 0 amide bonds. The second-order valence-electron chi connectivity index (χ2n) is 5.20. The van der Waals surface area contributed by atoms with Crippen molar-refractivity contribution < 1.29 is 14.9 Å². The molecule has 2 aromatic rings. The Kier molecular flexibility index (Phi) is 5.71. The SMILES string of the molecule is COc1cc(-c2c(C#N)c(N)nc(SCC(C)O)c2C#N)ccc1O. The van der Waals surface area contributed by atoms with Crippen LogP contribution < -0.4 is 10.5 Å². The Morgan fingerprint density at radius 3 is 2.56 bits per heavy atom. The molecule has 0 aliphatic carbocycles. The molecule has 1 heterocycles. The highest BCUT2D eigenvalue weighted by Gasteiger charge is 2.21. The highest BCUT2D eigenvalue weighted by atomic mass is 32.2. The molecule has 0 aliphatic heterocycles. The molecular formula is C17H16N4O3S. The van der Waals surface area contributed by atoms with Crippen LogP contribution >= 0.6 is 11.8 Å². The molecule has 25 heavy (non-hydrogen) atoms. The summed E-state index contributed by atoms with van der Waals surface area (Å²) < 4.78 is 5.09. The van der Waals surface area contributed by atoms with Gasteiger partial charge in [-0.05, 0) is 24.6 Å². The Balaban J connectivity index is 2.74. The molecule has 8 heteroatoms. The van der Waals surface area contributed by atoms with E-state index in [2.05, 4.69) is 11.1 Å². The summed E-state index contributed by atoms with van der Waals surface area (Å²) in [4.78, 5) is 4.14. The van der Waals surface area contributed by atoms with Gasteiger partial charge in [0.15, 0.2) is 11.5 Å². The van der Waals surface area contributed by atoms with E-state index in [1.807, 2.05) is 6.07 Å². The van der Waals surface area contributed by atoms with Crippen LogP contribution in [-0.2, 0) is 0 Å². The number of aliphatic hydroxyl groups is 1. The molecule has 1 aromatic heterocycles. The molecule has 1 atom stereocenters. The quantitative estimate of drug-likeness (QED) is 0.694. The topological polar surface area (TPSA) is 136 Å². The minimum Gasteiger partial charge on any atom is -0.504 e. The largest absolute Gasteiger partial charge is 0.504 e. The van der Waals surface area contributed by atoms with Gasteiger partial charge < -0.3 is 20.7 Å². The molecule has 0 aliphatic rings. The van der Waals surface area contributed by atoms with Gasteiger partial charge in [-0.2, -0.15) is 10.5 Å². The summed E-state index contributed by atoms with van der Waals surface area (Å²) in [5, 5.41) is 38.7. The molecule has 4 N–H and O–H groups in total. The minimum atomic E-state index is -0.590. The number of hydrogen-bond acceptors (Lipinski definition) is 8. The average molecular weight is 356 g/mol. The molecule has 0 spiro atoms. The number of nitrogens with zero attached hydrogens (tertiary/aromatic N) is 3. The van der Waals surface area contributed by atoms with Crippen LogP contribution in [0.15, 0.2) is 23.2 Å². The molecule has 0 radical (unpaired) electrons. The number of rotatable bonds is 5. The number of aromatic hydroxyl groups is 1. The summed E-state index contributed by atoms with van der Waals surface area (Å²) in [7, 11) is 1.40. The second-order valence-corrected chi connectivity index (χ2v) is 6.21. The summed E-state index contributed by atoms with van der Waals surface area (Å²) >= 11 is 1.18. The zero-order valence-corrected chi connectivity index (χ0v) is 14.5. The van der Waals surface area contributed by atoms with E-state index in [-0.39, 0.29) is 28.4 Å². The molecule has 1 aromatic carbocycles. The number of aromatic nitrogens is 1. The van der Waals surface area contributed by atoms with Gasteiger partial charge in [0.1, 0.15) is 28.5 Å². The monoisotopic (exact) mass is 356 g/mol. The van der Waals surface area contributed by atoms with Crippen LogP contribution in [0.5, 0.6) is 11.5 Å². The highest BCUT2D eigenvalue weighted by Crippen LogP contribution is 2.38. The molecule has 7 nitrogen and oxygen atoms in total. The lowest BCUT2D eigenvalue weighted by Crippen LogP contribution is -2.07. The van der Waals surface area contributed by atoms with Crippen molar-refractivity contribution in [2.45, 2.75) is 18.1 Å². The number of methoxy groups -OCH3 is 1. The highest BCUT2D eigenvalue weighted by molar-refractivity contribution is 7.99. The smallest absolute Gasteiger partial charge is 0.161 e. The first-order valence-corrected chi connectivity index (χ1v) is 8.23. The van der Waals surface area contributed by atoms with Crippen LogP contribution in [0.25, 0.3) is 11.1 Å². The zero-order chi connectivity index (χ0) is 18.6. The number of aliphatic hydroxyl groups excluding tert-OH is 1. The maximum atomic E-state index is 9.77. The van der Waals surface area contributed by atoms with E-state index in [0.29, 0.717) is 21.9 Å². The Hall–Kier alpha value is -2.94. The molecular weight excluding hydrogens is 340 g/mol. The Morgan fingerprint density at radius 2 is 2.00 bits per heavy atom. The third-order valence-electron chi connectivity index (χ3n) is 3.35. The Morgan fingerprint density at radius 1 is 1.32 bits per heavy atom. The second kappa shape index (κ2) is 7.75. The molecule has 2 rings (SSSR count). The number of hydrogen-bond donors (Lipinski definition) is 3. The van der Waals surface area contributed by atoms with Crippen molar-refractivity contribution in [2.24, 2.45) is 0 Å². The summed E-state index contributed by atoms with van der Waals surface area (Å²) in [6.45, 7) is 1.62. The number of pyridine rings is 1. The Labute approximate surface area is 149 Å². The summed E-state index contributed by atoms with van der Waals surface area (Å²) in [6.07, 6.45) is -0.590. The van der Waals surface area contributed by atoms with Crippen LogP contribution in [0.3, 0.4) is 0 Å². The van der Waals surface area contributed by atoms with Gasteiger partial charge in [0, 0.05) is 11.3 Å². The first kappa shape index (κ1) is 18.4. The van der Waals surface area contributed by atoms with Crippen LogP contribution in [-0.4, -0.2) is 34.2 Å². The fourth-order valence-electron chi connectivity index (χ4n) is 2.22. The van der Waals surface area contributed by atoms with E-state index >= 15 is 0 Å². The summed E-state index contributed by atoms with van der Waals surface area (Å²) in [5.41, 5.74) is 6.98. The van der Waals surface area contributed by atoms with Crippen molar-refractivity contribution >= 4 is 17.6 Å². The van der Waals surface area contributed by atoms with Gasteiger partial charge in [-0.25, -0.2) is 4.98 Å². The summed E-state index contributed by atoms with van der Waals surface area (Å²) in [5.74, 6) is 0.468. The van der Waals surface area contributed by atoms with Gasteiger partial charge in [-0.15, -0.1) is 11.8 Å². The van der Waals surface area contributed by atoms with Gasteiger partial charge in [-0.1, -0.05) is 6.07 Å². The molecule has 0 saturated heterocycles. The number of benzene rings is 1. The van der Waals surface area contributed by atoms with E-state index in [0.717, 1.165) is 0 Å². The standard InChI is InChI=1S/C17H16N4O3S/c1-9(22)8-25-17-12(7-19)15(11(6-18)16(20)21-17)10-3-4-13(23)14(5-10)24-2/h3-5,9,22-23H,8H2,1-2H3,(H2,20,21). The van der Waals surface area contributed by atoms with Gasteiger partial charge in [0.05, 0.1) is 18.8 Å². The third-order valence-corrected chi connectivity index (χ3v) is 4.56. The number of phenols is 1. The Bertz CT molecular complexity index is 885. The van der Waals surface area contributed by atoms with Crippen LogP contribution in [0.4, 0.5) is 5.82 Å². The van der Waals surface area contributed by atoms with Crippen molar-refractivity contribution in [1.29, 1.82) is 10.5 Å². The fourth-order valence-corrected chi connectivity index (χ4v) is 3.08. The molecule has 0 saturated carbocycles. The van der Waals surface area contributed by atoms with Gasteiger partial charge in [0.2, 0.25) is 0 Å². The zero-order valence-electron chi connectivity index (χ0n) is 13.6. The van der Waals surface area contributed by atoms with E-state index in [4.69, 9.17) is 10.5 Å². The summed E-state index contributed by atoms with van der Waals surface area (Å²) in [6, 6.07) is 8.55. The van der Waals surface area contributed by atoms with Gasteiger partial charge >= 0.3 is 0 Å². The van der Waals surface area contributed by atoms with Crippen molar-refractivity contribution in [2.75, 3.05) is 18.6 Å². The number of ether oxygens (including phenoxy) is 1. The maximum Gasteiger partial charge on any atom is 0.161 e. The minimum absolute atomic E-state index is 0.00312. The molecule has 1 unspecified atom stereocenters. The number of phenolic OH excluding ortho intramolecular Hbond substituents is 1. The molecule has 0 fully saturated rings. The van der Waals surface area contributed by atoms with Gasteiger partial charge in [0.25, 0.3) is 0 Å². The fraction of sp³-hybridized carbons (Fsp3) is 0.235. The predicted molar refractivity (Wildman–Crippen MR) is 94.1 cm³/mol. The maximum absolute atomic E-state index is 9.77. The lowest BCUT2D eigenvalue weighted by molar-refractivity contribution is 0.220. The first-order valence-electron chi connectivity index (χ1n) is 7.24. The number of nitrogen functional groups attached to an aromatic ring is 1. The number of nitrogens with two attached hydrogens (primary N) is 1. The third kappa shape index (κ3) is 3.77. The van der Waals surface area contributed by atoms with Crippen LogP contribution in [0, 0.1) is 22.7 Å². The lowest BCUT2D eigenvalue weighted by Gasteiger charge is -2.14. The van der Waals surface area contributed by atoms with Crippen molar-refractivity contribution in [3.8, 4) is 34.8 Å². The average Bonchev–Trinajstić information content (AvgIpc) is 2.59. The van der Waals surface area contributed by atoms with Crippen molar-refractivity contribution in [3.63, 3.8) is 0 Å². The van der Waals surface area contributed by atoms with Crippen LogP contribution in [0.2, 0.25) is 0 Å². The normalized spacial score (nSPS) is 11.4. The van der Waals surface area contributed by atoms with E-state index in [1.54, 1.807) is 13.0 Å². The van der Waals surface area contributed by atoms with E-state index in [9.17, 15) is 20.7 Å². The van der Waals surface area contributed by atoms with E-state index < -0.39 is 6.10 Å². The molecule has 128 valence electrons. The number of nitriles is 2.